The van der Waals surface area contributed by atoms with Crippen LogP contribution in [-0.4, -0.2) is 5.97 Å². The molecular weight excluding hydrogens is 291 g/mol. The Hall–Kier alpha value is -1.35. The van der Waals surface area contributed by atoms with E-state index >= 15 is 0 Å². The van der Waals surface area contributed by atoms with Gasteiger partial charge < -0.3 is 4.74 Å². The summed E-state index contributed by atoms with van der Waals surface area (Å²) >= 11 is 5.71. The summed E-state index contributed by atoms with van der Waals surface area (Å²) in [5.74, 6) is -0.818. The summed E-state index contributed by atoms with van der Waals surface area (Å²) < 4.78 is 19.1. The minimum Gasteiger partial charge on any atom is -0.457 e. The lowest BCUT2D eigenvalue weighted by Gasteiger charge is -2.29. The maximum Gasteiger partial charge on any atom is 0.306 e. The van der Waals surface area contributed by atoms with Gasteiger partial charge in [-0.05, 0) is 36.0 Å². The fourth-order valence-corrected chi connectivity index (χ4v) is 2.10. The normalized spacial score (nSPS) is 15.1. The Morgan fingerprint density at radius 3 is 2.67 bits per heavy atom. The molecule has 0 fully saturated rings. The third kappa shape index (κ3) is 4.85. The van der Waals surface area contributed by atoms with E-state index in [1.54, 1.807) is 13.0 Å². The van der Waals surface area contributed by atoms with Crippen molar-refractivity contribution in [2.45, 2.75) is 46.1 Å². The monoisotopic (exact) mass is 312 g/mol. The molecule has 2 nitrogen and oxygen atoms in total. The Labute approximate surface area is 131 Å². The molecule has 2 unspecified atom stereocenters. The molecule has 1 aromatic carbocycles. The largest absolute Gasteiger partial charge is 0.457 e. The number of rotatable bonds is 7. The van der Waals surface area contributed by atoms with Crippen molar-refractivity contribution >= 4 is 17.6 Å². The van der Waals surface area contributed by atoms with Crippen molar-refractivity contribution in [2.75, 3.05) is 0 Å². The minimum atomic E-state index is -0.511. The standard InChI is InChI=1S/C17H22ClFO2/c1-5-16(20)21-15(11-17(4,6-2)7-3)12-8-9-13(18)14(19)10-12/h6,8-10,15H,2,5,7,11H2,1,3-4H3. The average molecular weight is 313 g/mol. The molecule has 0 radical (unpaired) electrons. The maximum atomic E-state index is 13.7. The van der Waals surface area contributed by atoms with E-state index in [9.17, 15) is 9.18 Å². The van der Waals surface area contributed by atoms with Crippen molar-refractivity contribution in [3.05, 3.63) is 47.3 Å². The highest BCUT2D eigenvalue weighted by atomic mass is 35.5. The smallest absolute Gasteiger partial charge is 0.306 e. The zero-order valence-electron chi connectivity index (χ0n) is 12.8. The van der Waals surface area contributed by atoms with Gasteiger partial charge in [-0.25, -0.2) is 4.39 Å². The first kappa shape index (κ1) is 17.7. The van der Waals surface area contributed by atoms with Gasteiger partial charge in [0.2, 0.25) is 0 Å². The first-order valence-corrected chi connectivity index (χ1v) is 7.51. The number of allylic oxidation sites excluding steroid dienone is 1. The minimum absolute atomic E-state index is 0.0568. The van der Waals surface area contributed by atoms with E-state index < -0.39 is 11.9 Å². The average Bonchev–Trinajstić information content (AvgIpc) is 2.49. The van der Waals surface area contributed by atoms with Crippen LogP contribution < -0.4 is 0 Å². The van der Waals surface area contributed by atoms with Gasteiger partial charge >= 0.3 is 5.97 Å². The lowest BCUT2D eigenvalue weighted by molar-refractivity contribution is -0.150. The Balaban J connectivity index is 3.09. The van der Waals surface area contributed by atoms with Gasteiger partial charge in [-0.15, -0.1) is 6.58 Å². The molecule has 1 aromatic rings. The van der Waals surface area contributed by atoms with Gasteiger partial charge in [0.1, 0.15) is 11.9 Å². The second-order valence-corrected chi connectivity index (χ2v) is 5.83. The summed E-state index contributed by atoms with van der Waals surface area (Å²) in [5.41, 5.74) is 0.426. The number of carbonyl (C=O) groups excluding carboxylic acids is 1. The van der Waals surface area contributed by atoms with Crippen LogP contribution in [0.25, 0.3) is 0 Å². The molecule has 0 saturated carbocycles. The van der Waals surface area contributed by atoms with E-state index in [1.807, 2.05) is 19.9 Å². The lowest BCUT2D eigenvalue weighted by atomic mass is 9.80. The number of hydrogen-bond donors (Lipinski definition) is 0. The molecule has 0 aliphatic heterocycles. The molecule has 0 amide bonds. The van der Waals surface area contributed by atoms with Gasteiger partial charge in [0.05, 0.1) is 5.02 Å². The van der Waals surface area contributed by atoms with Crippen LogP contribution in [0, 0.1) is 11.2 Å². The molecular formula is C17H22ClFO2. The first-order valence-electron chi connectivity index (χ1n) is 7.13. The number of benzene rings is 1. The van der Waals surface area contributed by atoms with Crippen molar-refractivity contribution < 1.29 is 13.9 Å². The molecule has 2 atom stereocenters. The highest BCUT2D eigenvalue weighted by Gasteiger charge is 2.27. The van der Waals surface area contributed by atoms with Crippen LogP contribution in [0.3, 0.4) is 0 Å². The van der Waals surface area contributed by atoms with E-state index in [0.717, 1.165) is 6.42 Å². The fourth-order valence-electron chi connectivity index (χ4n) is 1.98. The number of ether oxygens (including phenoxy) is 1. The maximum absolute atomic E-state index is 13.7. The summed E-state index contributed by atoms with van der Waals surface area (Å²) in [7, 11) is 0. The third-order valence-electron chi connectivity index (χ3n) is 3.83. The third-order valence-corrected chi connectivity index (χ3v) is 4.14. The first-order chi connectivity index (χ1) is 9.85. The Bertz CT molecular complexity index is 516. The van der Waals surface area contributed by atoms with Gasteiger partial charge in [0.25, 0.3) is 0 Å². The molecule has 0 saturated heterocycles. The Kier molecular flexibility index (Phi) is 6.41. The van der Waals surface area contributed by atoms with Crippen LogP contribution in [0.5, 0.6) is 0 Å². The van der Waals surface area contributed by atoms with Gasteiger partial charge in [-0.3, -0.25) is 4.79 Å². The highest BCUT2D eigenvalue weighted by molar-refractivity contribution is 6.30. The highest BCUT2D eigenvalue weighted by Crippen LogP contribution is 2.37. The summed E-state index contributed by atoms with van der Waals surface area (Å²) in [4.78, 5) is 11.6. The quantitative estimate of drug-likeness (QED) is 0.493. The summed E-state index contributed by atoms with van der Waals surface area (Å²) in [6.45, 7) is 9.66. The van der Waals surface area contributed by atoms with Gasteiger partial charge in [0, 0.05) is 6.42 Å². The van der Waals surface area contributed by atoms with Crippen LogP contribution in [0.2, 0.25) is 5.02 Å². The van der Waals surface area contributed by atoms with E-state index in [1.165, 1.54) is 12.1 Å². The predicted octanol–water partition coefficient (Wildman–Crippen LogP) is 5.47. The van der Waals surface area contributed by atoms with Crippen LogP contribution in [-0.2, 0) is 9.53 Å². The molecule has 0 spiro atoms. The van der Waals surface area contributed by atoms with E-state index in [-0.39, 0.29) is 22.8 Å². The molecule has 0 bridgehead atoms. The van der Waals surface area contributed by atoms with Crippen LogP contribution in [0.1, 0.15) is 51.7 Å². The number of carbonyl (C=O) groups is 1. The second-order valence-electron chi connectivity index (χ2n) is 5.42. The fraction of sp³-hybridized carbons (Fsp3) is 0.471. The molecule has 4 heteroatoms. The summed E-state index contributed by atoms with van der Waals surface area (Å²) in [6.07, 6.45) is 3.04. The van der Waals surface area contributed by atoms with Crippen molar-refractivity contribution in [3.8, 4) is 0 Å². The summed E-state index contributed by atoms with van der Waals surface area (Å²) in [5, 5.41) is 0.0568. The summed E-state index contributed by atoms with van der Waals surface area (Å²) in [6, 6.07) is 4.50. The van der Waals surface area contributed by atoms with Crippen molar-refractivity contribution in [2.24, 2.45) is 5.41 Å². The zero-order valence-corrected chi connectivity index (χ0v) is 13.5. The number of hydrogen-bond acceptors (Lipinski definition) is 2. The molecule has 21 heavy (non-hydrogen) atoms. The predicted molar refractivity (Wildman–Crippen MR) is 83.7 cm³/mol. The van der Waals surface area contributed by atoms with Gasteiger partial charge in [-0.1, -0.05) is 44.5 Å². The van der Waals surface area contributed by atoms with Crippen LogP contribution in [0.4, 0.5) is 4.39 Å². The lowest BCUT2D eigenvalue weighted by Crippen LogP contribution is -2.20. The number of halogens is 2. The van der Waals surface area contributed by atoms with Crippen LogP contribution in [0.15, 0.2) is 30.9 Å². The molecule has 0 N–H and O–H groups in total. The molecule has 0 aliphatic rings. The Morgan fingerprint density at radius 2 is 2.19 bits per heavy atom. The molecule has 0 aliphatic carbocycles. The van der Waals surface area contributed by atoms with Crippen molar-refractivity contribution in [1.82, 2.24) is 0 Å². The van der Waals surface area contributed by atoms with E-state index in [4.69, 9.17) is 16.3 Å². The SMILES string of the molecule is C=CC(C)(CC)CC(OC(=O)CC)c1ccc(Cl)c(F)c1. The molecule has 116 valence electrons. The van der Waals surface area contributed by atoms with Gasteiger partial charge in [0.15, 0.2) is 0 Å². The topological polar surface area (TPSA) is 26.3 Å². The van der Waals surface area contributed by atoms with Crippen molar-refractivity contribution in [1.29, 1.82) is 0 Å². The van der Waals surface area contributed by atoms with Crippen LogP contribution >= 0.6 is 11.6 Å². The second kappa shape index (κ2) is 7.60. The molecule has 0 aromatic heterocycles. The van der Waals surface area contributed by atoms with E-state index in [0.29, 0.717) is 12.0 Å². The molecule has 1 rings (SSSR count). The molecule has 0 heterocycles. The number of esters is 1. The van der Waals surface area contributed by atoms with Gasteiger partial charge in [-0.2, -0.15) is 0 Å². The van der Waals surface area contributed by atoms with Crippen molar-refractivity contribution in [3.63, 3.8) is 0 Å². The Morgan fingerprint density at radius 1 is 1.52 bits per heavy atom. The van der Waals surface area contributed by atoms with E-state index in [2.05, 4.69) is 6.58 Å². The zero-order chi connectivity index (χ0) is 16.0.